The van der Waals surface area contributed by atoms with Crippen molar-refractivity contribution in [2.24, 2.45) is 0 Å². The fraction of sp³-hybridized carbons (Fsp3) is 0.667. The SMILES string of the molecule is CCCC(c1nnnn1C(C)(C)CC)N1CCN(c2ccc(OC)cc2)CC1. The van der Waals surface area contributed by atoms with E-state index < -0.39 is 0 Å². The first kappa shape index (κ1) is 20.6. The van der Waals surface area contributed by atoms with Gasteiger partial charge in [-0.1, -0.05) is 20.3 Å². The molecule has 2 heterocycles. The second kappa shape index (κ2) is 8.90. The van der Waals surface area contributed by atoms with Crippen molar-refractivity contribution in [3.05, 3.63) is 30.1 Å². The van der Waals surface area contributed by atoms with Gasteiger partial charge in [0.15, 0.2) is 5.82 Å². The van der Waals surface area contributed by atoms with Crippen molar-refractivity contribution in [3.8, 4) is 5.75 Å². The van der Waals surface area contributed by atoms with Gasteiger partial charge < -0.3 is 9.64 Å². The van der Waals surface area contributed by atoms with E-state index in [1.54, 1.807) is 7.11 Å². The number of hydrogen-bond acceptors (Lipinski definition) is 6. The number of hydrogen-bond donors (Lipinski definition) is 0. The minimum atomic E-state index is -0.0737. The summed E-state index contributed by atoms with van der Waals surface area (Å²) in [5.74, 6) is 1.90. The molecule has 3 rings (SSSR count). The Bertz CT molecular complexity index is 734. The van der Waals surface area contributed by atoms with E-state index in [4.69, 9.17) is 4.74 Å². The quantitative estimate of drug-likeness (QED) is 0.692. The highest BCUT2D eigenvalue weighted by atomic mass is 16.5. The number of tetrazole rings is 1. The molecule has 1 atom stereocenters. The third-order valence-electron chi connectivity index (χ3n) is 5.98. The van der Waals surface area contributed by atoms with Crippen LogP contribution >= 0.6 is 0 Å². The number of rotatable bonds is 8. The van der Waals surface area contributed by atoms with Crippen LogP contribution in [0, 0.1) is 0 Å². The maximum Gasteiger partial charge on any atom is 0.168 e. The Morgan fingerprint density at radius 3 is 2.32 bits per heavy atom. The van der Waals surface area contributed by atoms with Crippen LogP contribution < -0.4 is 9.64 Å². The van der Waals surface area contributed by atoms with E-state index in [1.807, 2.05) is 16.8 Å². The normalized spacial score (nSPS) is 17.0. The Hall–Kier alpha value is -2.15. The maximum atomic E-state index is 5.27. The van der Waals surface area contributed by atoms with E-state index in [1.165, 1.54) is 5.69 Å². The summed E-state index contributed by atoms with van der Waals surface area (Å²) in [5, 5.41) is 12.8. The van der Waals surface area contributed by atoms with Crippen LogP contribution in [0.15, 0.2) is 24.3 Å². The fourth-order valence-corrected chi connectivity index (χ4v) is 3.82. The van der Waals surface area contributed by atoms with Crippen molar-refractivity contribution in [2.45, 2.75) is 58.5 Å². The van der Waals surface area contributed by atoms with E-state index in [0.29, 0.717) is 0 Å². The van der Waals surface area contributed by atoms with Gasteiger partial charge in [-0.2, -0.15) is 0 Å². The summed E-state index contributed by atoms with van der Waals surface area (Å²) in [5.41, 5.74) is 1.18. The number of benzene rings is 1. The zero-order valence-corrected chi connectivity index (χ0v) is 17.9. The Kier molecular flexibility index (Phi) is 6.54. The van der Waals surface area contributed by atoms with Gasteiger partial charge in [0.05, 0.1) is 18.7 Å². The Morgan fingerprint density at radius 1 is 1.07 bits per heavy atom. The van der Waals surface area contributed by atoms with Crippen molar-refractivity contribution < 1.29 is 4.74 Å². The van der Waals surface area contributed by atoms with Gasteiger partial charge in [0.1, 0.15) is 5.75 Å². The molecule has 7 nitrogen and oxygen atoms in total. The minimum absolute atomic E-state index is 0.0737. The van der Waals surface area contributed by atoms with Crippen molar-refractivity contribution in [1.29, 1.82) is 0 Å². The molecule has 1 unspecified atom stereocenters. The van der Waals surface area contributed by atoms with Crippen LogP contribution in [-0.4, -0.2) is 58.4 Å². The van der Waals surface area contributed by atoms with Crippen molar-refractivity contribution >= 4 is 5.69 Å². The van der Waals surface area contributed by atoms with Gasteiger partial charge in [0.25, 0.3) is 0 Å². The van der Waals surface area contributed by atoms with E-state index in [0.717, 1.165) is 57.0 Å². The van der Waals surface area contributed by atoms with Gasteiger partial charge in [0, 0.05) is 31.9 Å². The molecule has 0 radical (unpaired) electrons. The van der Waals surface area contributed by atoms with E-state index in [2.05, 4.69) is 65.2 Å². The predicted octanol–water partition coefficient (Wildman–Crippen LogP) is 3.49. The summed E-state index contributed by atoms with van der Waals surface area (Å²) < 4.78 is 7.32. The summed E-state index contributed by atoms with van der Waals surface area (Å²) in [6.45, 7) is 12.9. The van der Waals surface area contributed by atoms with Crippen LogP contribution in [0.2, 0.25) is 0 Å². The van der Waals surface area contributed by atoms with Gasteiger partial charge in [-0.15, -0.1) is 5.10 Å². The zero-order chi connectivity index (χ0) is 20.1. The van der Waals surface area contributed by atoms with Gasteiger partial charge >= 0.3 is 0 Å². The summed E-state index contributed by atoms with van der Waals surface area (Å²) in [6, 6.07) is 8.61. The molecular formula is C21H34N6O. The third kappa shape index (κ3) is 4.29. The Balaban J connectivity index is 1.72. The predicted molar refractivity (Wildman–Crippen MR) is 112 cm³/mol. The fourth-order valence-electron chi connectivity index (χ4n) is 3.82. The monoisotopic (exact) mass is 386 g/mol. The largest absolute Gasteiger partial charge is 0.497 e. The number of piperazine rings is 1. The molecule has 0 amide bonds. The van der Waals surface area contributed by atoms with Crippen LogP contribution in [0.1, 0.15) is 58.8 Å². The molecule has 1 aromatic carbocycles. The summed E-state index contributed by atoms with van der Waals surface area (Å²) in [6.07, 6.45) is 3.18. The summed E-state index contributed by atoms with van der Waals surface area (Å²) in [4.78, 5) is 5.00. The molecule has 154 valence electrons. The molecule has 0 N–H and O–H groups in total. The van der Waals surface area contributed by atoms with Crippen LogP contribution in [0.3, 0.4) is 0 Å². The molecule has 1 aliphatic rings. The molecule has 1 saturated heterocycles. The highest BCUT2D eigenvalue weighted by Crippen LogP contribution is 2.30. The zero-order valence-electron chi connectivity index (χ0n) is 17.9. The standard InChI is InChI=1S/C21H34N6O/c1-6-8-19(20-22-23-24-27(20)21(3,4)7-2)26-15-13-25(14-16-26)17-9-11-18(28-5)12-10-17/h9-12,19H,6-8,13-16H2,1-5H3. The summed E-state index contributed by atoms with van der Waals surface area (Å²) in [7, 11) is 1.70. The second-order valence-corrected chi connectivity index (χ2v) is 8.14. The molecule has 0 aliphatic carbocycles. The number of aromatic nitrogens is 4. The maximum absolute atomic E-state index is 5.27. The average Bonchev–Trinajstić information content (AvgIpc) is 3.23. The van der Waals surface area contributed by atoms with Gasteiger partial charge in [-0.05, 0) is 61.4 Å². The summed E-state index contributed by atoms with van der Waals surface area (Å²) >= 11 is 0. The first-order chi connectivity index (χ1) is 13.5. The highest BCUT2D eigenvalue weighted by molar-refractivity contribution is 5.49. The molecule has 1 aromatic heterocycles. The third-order valence-corrected chi connectivity index (χ3v) is 5.98. The second-order valence-electron chi connectivity index (χ2n) is 8.14. The van der Waals surface area contributed by atoms with Gasteiger partial charge in [-0.25, -0.2) is 4.68 Å². The van der Waals surface area contributed by atoms with E-state index >= 15 is 0 Å². The molecule has 1 fully saturated rings. The molecule has 0 bridgehead atoms. The first-order valence-electron chi connectivity index (χ1n) is 10.4. The van der Waals surface area contributed by atoms with Crippen molar-refractivity contribution in [3.63, 3.8) is 0 Å². The van der Waals surface area contributed by atoms with Crippen LogP contribution in [0.5, 0.6) is 5.75 Å². The lowest BCUT2D eigenvalue weighted by Crippen LogP contribution is -2.48. The van der Waals surface area contributed by atoms with Crippen LogP contribution in [0.4, 0.5) is 5.69 Å². The number of ether oxygens (including phenoxy) is 1. The Morgan fingerprint density at radius 2 is 1.75 bits per heavy atom. The molecule has 2 aromatic rings. The van der Waals surface area contributed by atoms with E-state index in [9.17, 15) is 0 Å². The van der Waals surface area contributed by atoms with Crippen molar-refractivity contribution in [1.82, 2.24) is 25.1 Å². The topological polar surface area (TPSA) is 59.3 Å². The highest BCUT2D eigenvalue weighted by Gasteiger charge is 2.32. The molecule has 28 heavy (non-hydrogen) atoms. The van der Waals surface area contributed by atoms with Crippen LogP contribution in [0.25, 0.3) is 0 Å². The molecular weight excluding hydrogens is 352 g/mol. The van der Waals surface area contributed by atoms with Crippen molar-refractivity contribution in [2.75, 3.05) is 38.2 Å². The number of nitrogens with zero attached hydrogens (tertiary/aromatic N) is 6. The van der Waals surface area contributed by atoms with Gasteiger partial charge in [-0.3, -0.25) is 4.90 Å². The number of methoxy groups -OCH3 is 1. The van der Waals surface area contributed by atoms with Gasteiger partial charge in [0.2, 0.25) is 0 Å². The Labute approximate surface area is 168 Å². The van der Waals surface area contributed by atoms with E-state index in [-0.39, 0.29) is 11.6 Å². The lowest BCUT2D eigenvalue weighted by molar-refractivity contribution is 0.154. The van der Waals surface area contributed by atoms with Crippen LogP contribution in [-0.2, 0) is 5.54 Å². The smallest absolute Gasteiger partial charge is 0.168 e. The molecule has 0 spiro atoms. The lowest BCUT2D eigenvalue weighted by Gasteiger charge is -2.40. The molecule has 1 aliphatic heterocycles. The first-order valence-corrected chi connectivity index (χ1v) is 10.4. The minimum Gasteiger partial charge on any atom is -0.497 e. The lowest BCUT2D eigenvalue weighted by atomic mass is 10.0. The average molecular weight is 387 g/mol. The number of anilines is 1. The molecule has 0 saturated carbocycles. The molecule has 7 heteroatoms.